The molecule has 0 radical (unpaired) electrons. The average Bonchev–Trinajstić information content (AvgIpc) is 3.43. The molecule has 0 unspecified atom stereocenters. The summed E-state index contributed by atoms with van der Waals surface area (Å²) in [4.78, 5) is 16.9. The zero-order valence-electron chi connectivity index (χ0n) is 15.5. The van der Waals surface area contributed by atoms with E-state index in [4.69, 9.17) is 0 Å². The largest absolute Gasteiger partial charge is 0.345 e. The van der Waals surface area contributed by atoms with Crippen LogP contribution < -0.4 is 5.32 Å². The topological polar surface area (TPSA) is 94.9 Å². The van der Waals surface area contributed by atoms with Crippen molar-refractivity contribution in [2.45, 2.75) is 33.5 Å². The van der Waals surface area contributed by atoms with Crippen molar-refractivity contribution in [2.24, 2.45) is 0 Å². The Kier molecular flexibility index (Phi) is 4.95. The number of carbonyl (C=O) groups excluding carboxylic acids is 1. The van der Waals surface area contributed by atoms with Crippen LogP contribution in [-0.4, -0.2) is 40.1 Å². The molecule has 0 fully saturated rings. The maximum absolute atomic E-state index is 12.6. The fourth-order valence-electron chi connectivity index (χ4n) is 2.85. The highest BCUT2D eigenvalue weighted by atomic mass is 79.9. The van der Waals surface area contributed by atoms with Crippen molar-refractivity contribution < 1.29 is 4.79 Å². The number of aryl methyl sites for hydroxylation is 2. The molecule has 4 rings (SSSR count). The molecule has 0 aliphatic carbocycles. The molecule has 0 spiro atoms. The fraction of sp³-hybridized carbons (Fsp3) is 0.278. The minimum atomic E-state index is -0.277. The summed E-state index contributed by atoms with van der Waals surface area (Å²) >= 11 is 3.54. The van der Waals surface area contributed by atoms with Crippen molar-refractivity contribution in [1.82, 2.24) is 39.5 Å². The van der Waals surface area contributed by atoms with E-state index in [9.17, 15) is 4.79 Å². The second-order valence-electron chi connectivity index (χ2n) is 6.16. The van der Waals surface area contributed by atoms with Gasteiger partial charge >= 0.3 is 0 Å². The molecular formula is C18H19BrN8O. The van der Waals surface area contributed by atoms with E-state index in [1.54, 1.807) is 16.8 Å². The molecule has 4 aromatic rings. The van der Waals surface area contributed by atoms with Crippen molar-refractivity contribution >= 4 is 27.5 Å². The zero-order chi connectivity index (χ0) is 19.7. The van der Waals surface area contributed by atoms with Crippen LogP contribution in [0.25, 0.3) is 17.0 Å². The molecular weight excluding hydrogens is 424 g/mol. The molecule has 28 heavy (non-hydrogen) atoms. The number of rotatable bonds is 6. The Hall–Kier alpha value is -3.01. The van der Waals surface area contributed by atoms with E-state index >= 15 is 0 Å². The number of halogens is 1. The summed E-state index contributed by atoms with van der Waals surface area (Å²) in [5.74, 6) is -0.277. The Balaban J connectivity index is 1.60. The van der Waals surface area contributed by atoms with E-state index < -0.39 is 0 Å². The number of nitrogens with one attached hydrogen (secondary N) is 1. The van der Waals surface area contributed by atoms with Gasteiger partial charge in [0.1, 0.15) is 5.69 Å². The lowest BCUT2D eigenvalue weighted by molar-refractivity contribution is 0.0945. The van der Waals surface area contributed by atoms with Gasteiger partial charge in [-0.05, 0) is 41.9 Å². The number of amides is 1. The summed E-state index contributed by atoms with van der Waals surface area (Å²) in [5, 5.41) is 16.2. The molecule has 10 heteroatoms. The first kappa shape index (κ1) is 18.4. The highest BCUT2D eigenvalue weighted by molar-refractivity contribution is 9.10. The van der Waals surface area contributed by atoms with Gasteiger partial charge in [0.15, 0.2) is 11.3 Å². The predicted octanol–water partition coefficient (Wildman–Crippen LogP) is 2.52. The van der Waals surface area contributed by atoms with Crippen molar-refractivity contribution in [3.8, 4) is 11.4 Å². The Morgan fingerprint density at radius 2 is 1.96 bits per heavy atom. The number of hydrogen-bond acceptors (Lipinski definition) is 5. The molecule has 0 saturated carbocycles. The summed E-state index contributed by atoms with van der Waals surface area (Å²) in [5.41, 5.74) is 3.17. The van der Waals surface area contributed by atoms with Gasteiger partial charge in [-0.1, -0.05) is 0 Å². The number of nitrogens with zero attached hydrogens (tertiary/aromatic N) is 7. The van der Waals surface area contributed by atoms with Crippen molar-refractivity contribution in [3.05, 3.63) is 52.7 Å². The van der Waals surface area contributed by atoms with Gasteiger partial charge in [0.25, 0.3) is 5.91 Å². The third kappa shape index (κ3) is 3.42. The first-order valence-electron chi connectivity index (χ1n) is 8.97. The van der Waals surface area contributed by atoms with Gasteiger partial charge < -0.3 is 5.32 Å². The molecule has 0 aliphatic rings. The zero-order valence-corrected chi connectivity index (χ0v) is 17.1. The summed E-state index contributed by atoms with van der Waals surface area (Å²) in [7, 11) is 0. The first-order chi connectivity index (χ1) is 13.6. The monoisotopic (exact) mass is 442 g/mol. The number of hydrogen-bond donors (Lipinski definition) is 1. The highest BCUT2D eigenvalue weighted by Crippen LogP contribution is 2.26. The lowest BCUT2D eigenvalue weighted by atomic mass is 10.3. The van der Waals surface area contributed by atoms with E-state index in [0.29, 0.717) is 17.9 Å². The maximum Gasteiger partial charge on any atom is 0.272 e. The molecule has 4 aromatic heterocycles. The van der Waals surface area contributed by atoms with E-state index in [2.05, 4.69) is 41.5 Å². The van der Waals surface area contributed by atoms with Gasteiger partial charge in [0.05, 0.1) is 22.4 Å². The van der Waals surface area contributed by atoms with Crippen LogP contribution >= 0.6 is 15.9 Å². The minimum Gasteiger partial charge on any atom is -0.345 e. The number of carbonyl (C=O) groups is 1. The van der Waals surface area contributed by atoms with Crippen LogP contribution in [0.15, 0.2) is 41.3 Å². The minimum absolute atomic E-state index is 0.277. The average molecular weight is 443 g/mol. The van der Waals surface area contributed by atoms with Crippen molar-refractivity contribution in [1.29, 1.82) is 0 Å². The summed E-state index contributed by atoms with van der Waals surface area (Å²) in [6, 6.07) is 5.37. The van der Waals surface area contributed by atoms with Crippen LogP contribution in [0.4, 0.5) is 0 Å². The smallest absolute Gasteiger partial charge is 0.272 e. The molecule has 0 aromatic carbocycles. The molecule has 0 atom stereocenters. The van der Waals surface area contributed by atoms with Crippen molar-refractivity contribution in [3.63, 3.8) is 0 Å². The molecule has 9 nitrogen and oxygen atoms in total. The molecule has 4 heterocycles. The SMILES string of the molecule is CCn1ccc(CNC(=O)c2cc3nccc(-c4nn(CC)cc4Br)n3n2)n1. The van der Waals surface area contributed by atoms with Crippen LogP contribution in [0.1, 0.15) is 30.0 Å². The van der Waals surface area contributed by atoms with Crippen LogP contribution in [0.2, 0.25) is 0 Å². The third-order valence-electron chi connectivity index (χ3n) is 4.32. The van der Waals surface area contributed by atoms with Crippen LogP contribution in [0.3, 0.4) is 0 Å². The van der Waals surface area contributed by atoms with Gasteiger partial charge in [-0.15, -0.1) is 0 Å². The highest BCUT2D eigenvalue weighted by Gasteiger charge is 2.17. The summed E-state index contributed by atoms with van der Waals surface area (Å²) in [6.07, 6.45) is 5.48. The Bertz CT molecular complexity index is 1140. The van der Waals surface area contributed by atoms with Gasteiger partial charge in [-0.3, -0.25) is 14.2 Å². The molecule has 1 amide bonds. The predicted molar refractivity (Wildman–Crippen MR) is 107 cm³/mol. The van der Waals surface area contributed by atoms with E-state index in [0.717, 1.165) is 34.6 Å². The van der Waals surface area contributed by atoms with Gasteiger partial charge in [-0.25, -0.2) is 9.50 Å². The lowest BCUT2D eigenvalue weighted by Crippen LogP contribution is -2.23. The molecule has 0 aliphatic heterocycles. The van der Waals surface area contributed by atoms with Crippen LogP contribution in [-0.2, 0) is 19.6 Å². The first-order valence-corrected chi connectivity index (χ1v) is 9.77. The quantitative estimate of drug-likeness (QED) is 0.494. The van der Waals surface area contributed by atoms with Crippen molar-refractivity contribution in [2.75, 3.05) is 0 Å². The lowest BCUT2D eigenvalue weighted by Gasteiger charge is -2.02. The standard InChI is InChI=1S/C18H19BrN8O/c1-3-25-8-6-12(22-25)10-21-18(28)14-9-16-20-7-5-15(27(16)23-14)17-13(19)11-26(4-2)24-17/h5-9,11H,3-4,10H2,1-2H3,(H,21,28). The molecule has 1 N–H and O–H groups in total. The maximum atomic E-state index is 12.6. The van der Waals surface area contributed by atoms with Gasteiger partial charge in [-0.2, -0.15) is 15.3 Å². The second kappa shape index (κ2) is 7.55. The van der Waals surface area contributed by atoms with Gasteiger partial charge in [0.2, 0.25) is 0 Å². The summed E-state index contributed by atoms with van der Waals surface area (Å²) in [6.45, 7) is 5.92. The number of aromatic nitrogens is 7. The van der Waals surface area contributed by atoms with E-state index in [1.807, 2.05) is 47.7 Å². The summed E-state index contributed by atoms with van der Waals surface area (Å²) < 4.78 is 6.14. The van der Waals surface area contributed by atoms with Crippen LogP contribution in [0.5, 0.6) is 0 Å². The molecule has 144 valence electrons. The van der Waals surface area contributed by atoms with E-state index in [-0.39, 0.29) is 5.91 Å². The number of fused-ring (bicyclic) bond motifs is 1. The molecule has 0 bridgehead atoms. The van der Waals surface area contributed by atoms with Gasteiger partial charge in [0, 0.05) is 37.7 Å². The normalized spacial score (nSPS) is 11.2. The van der Waals surface area contributed by atoms with Crippen LogP contribution in [0, 0.1) is 0 Å². The fourth-order valence-corrected chi connectivity index (χ4v) is 3.37. The van der Waals surface area contributed by atoms with E-state index in [1.165, 1.54) is 0 Å². The molecule has 0 saturated heterocycles. The Morgan fingerprint density at radius 3 is 2.68 bits per heavy atom. The Labute approximate surface area is 169 Å². The second-order valence-corrected chi connectivity index (χ2v) is 7.01. The Morgan fingerprint density at radius 1 is 1.14 bits per heavy atom. The third-order valence-corrected chi connectivity index (χ3v) is 4.90.